The largest absolute Gasteiger partial charge is 0.391 e. The fourth-order valence-electron chi connectivity index (χ4n) is 3.37. The average Bonchev–Trinajstić information content (AvgIpc) is 2.98. The molecule has 1 amide bonds. The Bertz CT molecular complexity index is 308. The van der Waals surface area contributed by atoms with Gasteiger partial charge < -0.3 is 21.1 Å². The summed E-state index contributed by atoms with van der Waals surface area (Å²) in [6.07, 6.45) is 7.02. The number of hydrogen-bond donors (Lipinski definition) is 3. The Balaban J connectivity index is 1.65. The molecule has 5 nitrogen and oxygen atoms in total. The van der Waals surface area contributed by atoms with Gasteiger partial charge in [-0.15, -0.1) is 0 Å². The number of nitrogens with zero attached hydrogens (tertiary/aromatic N) is 1. The molecule has 20 heavy (non-hydrogen) atoms. The predicted octanol–water partition coefficient (Wildman–Crippen LogP) is 0.465. The zero-order valence-corrected chi connectivity index (χ0v) is 12.6. The molecule has 2 rings (SSSR count). The van der Waals surface area contributed by atoms with E-state index in [1.54, 1.807) is 6.92 Å². The number of hydrogen-bond acceptors (Lipinski definition) is 4. The fourth-order valence-corrected chi connectivity index (χ4v) is 3.37. The van der Waals surface area contributed by atoms with Crippen molar-refractivity contribution < 1.29 is 9.90 Å². The summed E-state index contributed by atoms with van der Waals surface area (Å²) in [6, 6.07) is 0.00257. The van der Waals surface area contributed by atoms with E-state index in [0.717, 1.165) is 32.0 Å². The first-order valence-corrected chi connectivity index (χ1v) is 8.03. The van der Waals surface area contributed by atoms with Crippen molar-refractivity contribution in [3.8, 4) is 0 Å². The van der Waals surface area contributed by atoms with Gasteiger partial charge in [-0.2, -0.15) is 0 Å². The molecular weight excluding hydrogens is 254 g/mol. The van der Waals surface area contributed by atoms with Crippen LogP contribution in [0.3, 0.4) is 0 Å². The monoisotopic (exact) mass is 283 g/mol. The van der Waals surface area contributed by atoms with Crippen LogP contribution in [0.5, 0.6) is 0 Å². The fraction of sp³-hybridized carbons (Fsp3) is 0.933. The summed E-state index contributed by atoms with van der Waals surface area (Å²) in [5, 5.41) is 12.2. The lowest BCUT2D eigenvalue weighted by Gasteiger charge is -2.36. The van der Waals surface area contributed by atoms with E-state index < -0.39 is 12.1 Å². The molecule has 1 saturated carbocycles. The summed E-state index contributed by atoms with van der Waals surface area (Å²) < 4.78 is 0. The highest BCUT2D eigenvalue weighted by Gasteiger charge is 2.27. The topological polar surface area (TPSA) is 78.6 Å². The number of rotatable bonds is 5. The summed E-state index contributed by atoms with van der Waals surface area (Å²) >= 11 is 0. The van der Waals surface area contributed by atoms with E-state index in [9.17, 15) is 9.90 Å². The highest BCUT2D eigenvalue weighted by atomic mass is 16.3. The smallest absolute Gasteiger partial charge is 0.239 e. The maximum absolute atomic E-state index is 11.7. The highest BCUT2D eigenvalue weighted by Crippen LogP contribution is 2.27. The minimum atomic E-state index is -0.812. The summed E-state index contributed by atoms with van der Waals surface area (Å²) in [6.45, 7) is 4.56. The average molecular weight is 283 g/mol. The molecule has 0 unspecified atom stereocenters. The number of nitrogens with two attached hydrogens (primary N) is 1. The molecule has 0 radical (unpaired) electrons. The van der Waals surface area contributed by atoms with Crippen molar-refractivity contribution in [3.05, 3.63) is 0 Å². The van der Waals surface area contributed by atoms with Crippen LogP contribution in [0.2, 0.25) is 0 Å². The number of likely N-dealkylation sites (tertiary alicyclic amines) is 1. The number of carbonyl (C=O) groups is 1. The van der Waals surface area contributed by atoms with Crippen molar-refractivity contribution in [2.45, 2.75) is 63.6 Å². The molecule has 5 heteroatoms. The van der Waals surface area contributed by atoms with Crippen molar-refractivity contribution in [2.24, 2.45) is 11.7 Å². The van der Waals surface area contributed by atoms with Crippen LogP contribution in [0.1, 0.15) is 45.4 Å². The first-order valence-electron chi connectivity index (χ1n) is 8.03. The molecule has 4 N–H and O–H groups in total. The standard InChI is InChI=1S/C15H29N3O2/c1-11(19)14(16)15(20)17-10-12-6-8-18(9-7-12)13-4-2-3-5-13/h11-14,19H,2-10,16H2,1H3,(H,17,20)/t11-,14+/m0/s1. The van der Waals surface area contributed by atoms with Gasteiger partial charge in [0.1, 0.15) is 6.04 Å². The van der Waals surface area contributed by atoms with Crippen LogP contribution in [0.25, 0.3) is 0 Å². The summed E-state index contributed by atoms with van der Waals surface area (Å²) in [4.78, 5) is 14.3. The van der Waals surface area contributed by atoms with Crippen molar-refractivity contribution in [3.63, 3.8) is 0 Å². The lowest BCUT2D eigenvalue weighted by atomic mass is 9.95. The minimum Gasteiger partial charge on any atom is -0.391 e. The SMILES string of the molecule is C[C@H](O)[C@@H](N)C(=O)NCC1CCN(C2CCCC2)CC1. The zero-order chi connectivity index (χ0) is 14.5. The number of nitrogens with one attached hydrogen (secondary N) is 1. The second kappa shape index (κ2) is 7.38. The summed E-state index contributed by atoms with van der Waals surface area (Å²) in [5.74, 6) is 0.316. The predicted molar refractivity (Wildman–Crippen MR) is 79.2 cm³/mol. The van der Waals surface area contributed by atoms with Gasteiger partial charge in [0, 0.05) is 12.6 Å². The van der Waals surface area contributed by atoms with Crippen molar-refractivity contribution in [1.29, 1.82) is 0 Å². The third-order valence-electron chi connectivity index (χ3n) is 4.88. The third kappa shape index (κ3) is 4.17. The van der Waals surface area contributed by atoms with Crippen molar-refractivity contribution >= 4 is 5.91 Å². The first kappa shape index (κ1) is 15.7. The van der Waals surface area contributed by atoms with Crippen LogP contribution in [0, 0.1) is 5.92 Å². The highest BCUT2D eigenvalue weighted by molar-refractivity contribution is 5.82. The quantitative estimate of drug-likeness (QED) is 0.685. The van der Waals surface area contributed by atoms with E-state index in [1.165, 1.54) is 25.7 Å². The maximum atomic E-state index is 11.7. The Labute approximate surface area is 121 Å². The van der Waals surface area contributed by atoms with Crippen molar-refractivity contribution in [2.75, 3.05) is 19.6 Å². The molecule has 2 aliphatic rings. The van der Waals surface area contributed by atoms with E-state index in [2.05, 4.69) is 10.2 Å². The molecule has 116 valence electrons. The summed E-state index contributed by atoms with van der Waals surface area (Å²) in [5.41, 5.74) is 5.61. The van der Waals surface area contributed by atoms with Gasteiger partial charge in [0.05, 0.1) is 6.10 Å². The second-order valence-corrected chi connectivity index (χ2v) is 6.43. The van der Waals surface area contributed by atoms with Gasteiger partial charge in [0.15, 0.2) is 0 Å². The Morgan fingerprint density at radius 3 is 2.45 bits per heavy atom. The number of amides is 1. The molecule has 1 heterocycles. The Hall–Kier alpha value is -0.650. The van der Waals surface area contributed by atoms with Gasteiger partial charge >= 0.3 is 0 Å². The molecule has 1 saturated heterocycles. The normalized spacial score (nSPS) is 25.6. The lowest BCUT2D eigenvalue weighted by molar-refractivity contribution is -0.124. The number of carbonyl (C=O) groups excluding carboxylic acids is 1. The van der Waals surface area contributed by atoms with E-state index in [-0.39, 0.29) is 5.91 Å². The molecule has 0 aromatic carbocycles. The zero-order valence-electron chi connectivity index (χ0n) is 12.6. The lowest BCUT2D eigenvalue weighted by Crippen LogP contribution is -2.49. The maximum Gasteiger partial charge on any atom is 0.239 e. The minimum absolute atomic E-state index is 0.238. The molecule has 1 aliphatic heterocycles. The van der Waals surface area contributed by atoms with Crippen LogP contribution < -0.4 is 11.1 Å². The van der Waals surface area contributed by atoms with E-state index in [0.29, 0.717) is 12.5 Å². The number of aliphatic hydroxyl groups is 1. The Kier molecular flexibility index (Phi) is 5.81. The Morgan fingerprint density at radius 1 is 1.30 bits per heavy atom. The first-order chi connectivity index (χ1) is 9.58. The Morgan fingerprint density at radius 2 is 1.90 bits per heavy atom. The van der Waals surface area contributed by atoms with Gasteiger partial charge in [-0.25, -0.2) is 0 Å². The van der Waals surface area contributed by atoms with E-state index >= 15 is 0 Å². The van der Waals surface area contributed by atoms with Gasteiger partial charge in [-0.3, -0.25) is 4.79 Å². The van der Waals surface area contributed by atoms with Crippen LogP contribution in [-0.2, 0) is 4.79 Å². The van der Waals surface area contributed by atoms with E-state index in [4.69, 9.17) is 5.73 Å². The van der Waals surface area contributed by atoms with Gasteiger partial charge in [0.25, 0.3) is 0 Å². The second-order valence-electron chi connectivity index (χ2n) is 6.43. The van der Waals surface area contributed by atoms with Crippen LogP contribution >= 0.6 is 0 Å². The molecular formula is C15H29N3O2. The molecule has 0 aromatic rings. The van der Waals surface area contributed by atoms with Gasteiger partial charge in [0.2, 0.25) is 5.91 Å². The van der Waals surface area contributed by atoms with Crippen LogP contribution in [-0.4, -0.2) is 53.7 Å². The molecule has 0 aromatic heterocycles. The van der Waals surface area contributed by atoms with Gasteiger partial charge in [-0.05, 0) is 51.6 Å². The molecule has 2 atom stereocenters. The summed E-state index contributed by atoms with van der Waals surface area (Å²) in [7, 11) is 0. The van der Waals surface area contributed by atoms with Gasteiger partial charge in [-0.1, -0.05) is 12.8 Å². The van der Waals surface area contributed by atoms with Crippen molar-refractivity contribution in [1.82, 2.24) is 10.2 Å². The number of aliphatic hydroxyl groups excluding tert-OH is 1. The van der Waals surface area contributed by atoms with Crippen LogP contribution in [0.4, 0.5) is 0 Å². The van der Waals surface area contributed by atoms with E-state index in [1.807, 2.05) is 0 Å². The third-order valence-corrected chi connectivity index (χ3v) is 4.88. The molecule has 1 aliphatic carbocycles. The molecule has 2 fully saturated rings. The number of piperidine rings is 1. The molecule has 0 bridgehead atoms. The molecule has 0 spiro atoms. The van der Waals surface area contributed by atoms with Crippen LogP contribution in [0.15, 0.2) is 0 Å².